The summed E-state index contributed by atoms with van der Waals surface area (Å²) < 4.78 is 13.0. The van der Waals surface area contributed by atoms with Crippen molar-refractivity contribution in [1.82, 2.24) is 0 Å². The quantitative estimate of drug-likeness (QED) is 0.881. The van der Waals surface area contributed by atoms with Gasteiger partial charge in [-0.1, -0.05) is 25.5 Å². The van der Waals surface area contributed by atoms with Gasteiger partial charge in [-0.25, -0.2) is 4.39 Å². The molecule has 0 radical (unpaired) electrons. The molecular weight excluding hydrogens is 253 g/mol. The van der Waals surface area contributed by atoms with Gasteiger partial charge in [-0.2, -0.15) is 5.26 Å². The monoisotopic (exact) mass is 269 g/mol. The Morgan fingerprint density at radius 3 is 2.45 bits per heavy atom. The number of phenols is 1. The number of aromatic hydroxyl groups is 1. The van der Waals surface area contributed by atoms with Crippen molar-refractivity contribution in [3.05, 3.63) is 53.8 Å². The number of benzene rings is 2. The van der Waals surface area contributed by atoms with Crippen molar-refractivity contribution in [1.29, 1.82) is 5.26 Å². The molecule has 0 aliphatic rings. The first kappa shape index (κ1) is 14.1. The minimum atomic E-state index is -0.296. The van der Waals surface area contributed by atoms with E-state index in [2.05, 4.69) is 6.07 Å². The third-order valence-electron chi connectivity index (χ3n) is 3.25. The SMILES string of the molecule is CCCC(C#N)c1cc(O)cc(-c2ccc(F)cc2)c1. The zero-order valence-electron chi connectivity index (χ0n) is 11.3. The van der Waals surface area contributed by atoms with Gasteiger partial charge in [-0.05, 0) is 53.4 Å². The topological polar surface area (TPSA) is 44.0 Å². The summed E-state index contributed by atoms with van der Waals surface area (Å²) in [4.78, 5) is 0. The van der Waals surface area contributed by atoms with Gasteiger partial charge in [0.25, 0.3) is 0 Å². The smallest absolute Gasteiger partial charge is 0.123 e. The molecule has 1 N–H and O–H groups in total. The van der Waals surface area contributed by atoms with Crippen LogP contribution in [0.5, 0.6) is 5.75 Å². The molecule has 0 spiro atoms. The summed E-state index contributed by atoms with van der Waals surface area (Å²) in [6.45, 7) is 2.02. The van der Waals surface area contributed by atoms with Gasteiger partial charge in [-0.15, -0.1) is 0 Å². The third-order valence-corrected chi connectivity index (χ3v) is 3.25. The van der Waals surface area contributed by atoms with Crippen molar-refractivity contribution >= 4 is 0 Å². The van der Waals surface area contributed by atoms with E-state index in [0.29, 0.717) is 0 Å². The summed E-state index contributed by atoms with van der Waals surface area (Å²) in [5.74, 6) is -0.403. The summed E-state index contributed by atoms with van der Waals surface area (Å²) in [6.07, 6.45) is 1.66. The summed E-state index contributed by atoms with van der Waals surface area (Å²) >= 11 is 0. The van der Waals surface area contributed by atoms with Gasteiger partial charge in [0, 0.05) is 0 Å². The predicted molar refractivity (Wildman–Crippen MR) is 76.8 cm³/mol. The van der Waals surface area contributed by atoms with Crippen molar-refractivity contribution < 1.29 is 9.50 Å². The molecule has 0 amide bonds. The molecule has 0 saturated heterocycles. The van der Waals surface area contributed by atoms with Gasteiger partial charge in [0.1, 0.15) is 11.6 Å². The van der Waals surface area contributed by atoms with Crippen molar-refractivity contribution in [2.45, 2.75) is 25.7 Å². The lowest BCUT2D eigenvalue weighted by Crippen LogP contribution is -1.95. The molecule has 0 aliphatic carbocycles. The molecule has 0 saturated carbocycles. The van der Waals surface area contributed by atoms with E-state index in [0.717, 1.165) is 29.5 Å². The van der Waals surface area contributed by atoms with Crippen LogP contribution in [0.25, 0.3) is 11.1 Å². The Balaban J connectivity index is 2.43. The van der Waals surface area contributed by atoms with Gasteiger partial charge in [-0.3, -0.25) is 0 Å². The maximum absolute atomic E-state index is 13.0. The second kappa shape index (κ2) is 6.21. The Hall–Kier alpha value is -2.34. The van der Waals surface area contributed by atoms with E-state index >= 15 is 0 Å². The summed E-state index contributed by atoms with van der Waals surface area (Å²) in [5.41, 5.74) is 2.40. The molecule has 20 heavy (non-hydrogen) atoms. The Labute approximate surface area is 118 Å². The molecule has 2 rings (SSSR count). The highest BCUT2D eigenvalue weighted by Crippen LogP contribution is 2.30. The summed E-state index contributed by atoms with van der Waals surface area (Å²) in [5, 5.41) is 19.1. The Kier molecular flexibility index (Phi) is 4.37. The van der Waals surface area contributed by atoms with Gasteiger partial charge in [0.2, 0.25) is 0 Å². The summed E-state index contributed by atoms with van der Waals surface area (Å²) in [6, 6.07) is 13.5. The zero-order valence-corrected chi connectivity index (χ0v) is 11.3. The molecule has 102 valence electrons. The van der Waals surface area contributed by atoms with Crippen LogP contribution in [0.4, 0.5) is 4.39 Å². The number of halogens is 1. The van der Waals surface area contributed by atoms with E-state index in [4.69, 9.17) is 0 Å². The normalized spacial score (nSPS) is 11.8. The maximum atomic E-state index is 13.0. The molecule has 2 aromatic carbocycles. The molecule has 1 atom stereocenters. The van der Waals surface area contributed by atoms with E-state index in [1.807, 2.05) is 13.0 Å². The van der Waals surface area contributed by atoms with Crippen LogP contribution in [0.2, 0.25) is 0 Å². The zero-order chi connectivity index (χ0) is 14.5. The fourth-order valence-corrected chi connectivity index (χ4v) is 2.24. The average molecular weight is 269 g/mol. The molecule has 3 heteroatoms. The van der Waals surface area contributed by atoms with Crippen LogP contribution in [0, 0.1) is 17.1 Å². The van der Waals surface area contributed by atoms with Gasteiger partial charge >= 0.3 is 0 Å². The number of rotatable bonds is 4. The molecule has 0 heterocycles. The molecule has 1 unspecified atom stereocenters. The lowest BCUT2D eigenvalue weighted by atomic mass is 9.92. The number of hydrogen-bond donors (Lipinski definition) is 1. The number of phenolic OH excluding ortho intramolecular Hbond substituents is 1. The van der Waals surface area contributed by atoms with E-state index in [1.165, 1.54) is 12.1 Å². The Bertz CT molecular complexity index is 628. The van der Waals surface area contributed by atoms with Crippen LogP contribution < -0.4 is 0 Å². The first-order valence-electron chi connectivity index (χ1n) is 6.63. The minimum absolute atomic E-state index is 0.123. The molecule has 2 aromatic rings. The van der Waals surface area contributed by atoms with Crippen LogP contribution >= 0.6 is 0 Å². The van der Waals surface area contributed by atoms with Crippen LogP contribution in [-0.2, 0) is 0 Å². The highest BCUT2D eigenvalue weighted by atomic mass is 19.1. The van der Waals surface area contributed by atoms with Crippen molar-refractivity contribution in [3.63, 3.8) is 0 Å². The fourth-order valence-electron chi connectivity index (χ4n) is 2.24. The number of nitriles is 1. The van der Waals surface area contributed by atoms with E-state index < -0.39 is 0 Å². The standard InChI is InChI=1S/C17H16FNO/c1-2-3-13(11-19)15-8-14(9-17(20)10-15)12-4-6-16(18)7-5-12/h4-10,13,20H,2-3H2,1H3. The average Bonchev–Trinajstić information content (AvgIpc) is 2.44. The maximum Gasteiger partial charge on any atom is 0.123 e. The van der Waals surface area contributed by atoms with Crippen LogP contribution in [0.3, 0.4) is 0 Å². The third kappa shape index (κ3) is 3.16. The first-order valence-corrected chi connectivity index (χ1v) is 6.63. The highest BCUT2D eigenvalue weighted by molar-refractivity contribution is 5.66. The first-order chi connectivity index (χ1) is 9.63. The van der Waals surface area contributed by atoms with Crippen LogP contribution in [-0.4, -0.2) is 5.11 Å². The van der Waals surface area contributed by atoms with Gasteiger partial charge in [0.15, 0.2) is 0 Å². The predicted octanol–water partition coefficient (Wildman–Crippen LogP) is 4.61. The van der Waals surface area contributed by atoms with Gasteiger partial charge in [0.05, 0.1) is 12.0 Å². The lowest BCUT2D eigenvalue weighted by molar-refractivity contribution is 0.474. The van der Waals surface area contributed by atoms with E-state index in [9.17, 15) is 14.8 Å². The number of hydrogen-bond acceptors (Lipinski definition) is 2. The molecule has 0 fully saturated rings. The van der Waals surface area contributed by atoms with Crippen LogP contribution in [0.15, 0.2) is 42.5 Å². The highest BCUT2D eigenvalue weighted by Gasteiger charge is 2.12. The van der Waals surface area contributed by atoms with E-state index in [1.54, 1.807) is 24.3 Å². The van der Waals surface area contributed by atoms with Crippen molar-refractivity contribution in [2.24, 2.45) is 0 Å². The molecule has 0 bridgehead atoms. The van der Waals surface area contributed by atoms with E-state index in [-0.39, 0.29) is 17.5 Å². The summed E-state index contributed by atoms with van der Waals surface area (Å²) in [7, 11) is 0. The second-order valence-corrected chi connectivity index (χ2v) is 4.79. The number of nitrogens with zero attached hydrogens (tertiary/aromatic N) is 1. The van der Waals surface area contributed by atoms with Crippen molar-refractivity contribution in [2.75, 3.05) is 0 Å². The Morgan fingerprint density at radius 1 is 1.15 bits per heavy atom. The minimum Gasteiger partial charge on any atom is -0.508 e. The largest absolute Gasteiger partial charge is 0.508 e. The van der Waals surface area contributed by atoms with Crippen molar-refractivity contribution in [3.8, 4) is 22.9 Å². The molecule has 0 aliphatic heterocycles. The second-order valence-electron chi connectivity index (χ2n) is 4.79. The lowest BCUT2D eigenvalue weighted by Gasteiger charge is -2.11. The fraction of sp³-hybridized carbons (Fsp3) is 0.235. The molecular formula is C17H16FNO. The Morgan fingerprint density at radius 2 is 1.85 bits per heavy atom. The van der Waals surface area contributed by atoms with Gasteiger partial charge < -0.3 is 5.11 Å². The molecule has 0 aromatic heterocycles. The van der Waals surface area contributed by atoms with Crippen LogP contribution in [0.1, 0.15) is 31.2 Å². The molecule has 2 nitrogen and oxygen atoms in total.